The first-order valence-electron chi connectivity index (χ1n) is 8.07. The van der Waals surface area contributed by atoms with E-state index in [9.17, 15) is 4.79 Å². The average Bonchev–Trinajstić information content (AvgIpc) is 2.97. The van der Waals surface area contributed by atoms with Crippen molar-refractivity contribution in [3.63, 3.8) is 0 Å². The molecule has 24 heavy (non-hydrogen) atoms. The Morgan fingerprint density at radius 1 is 1.21 bits per heavy atom. The molecule has 0 aliphatic carbocycles. The Morgan fingerprint density at radius 3 is 2.75 bits per heavy atom. The van der Waals surface area contributed by atoms with Crippen LogP contribution in [0.2, 0.25) is 0 Å². The predicted octanol–water partition coefficient (Wildman–Crippen LogP) is 2.59. The Morgan fingerprint density at radius 2 is 2.00 bits per heavy atom. The highest BCUT2D eigenvalue weighted by Gasteiger charge is 2.20. The van der Waals surface area contributed by atoms with Gasteiger partial charge in [-0.1, -0.05) is 31.2 Å². The minimum absolute atomic E-state index is 0.0535. The number of pyridine rings is 1. The molecule has 2 heterocycles. The molecular formula is C18H21N5O. The molecule has 0 fully saturated rings. The normalized spacial score (nSPS) is 12.5. The molecule has 1 N–H and O–H groups in total. The molecule has 0 unspecified atom stereocenters. The highest BCUT2D eigenvalue weighted by atomic mass is 16.1. The van der Waals surface area contributed by atoms with Gasteiger partial charge in [0.2, 0.25) is 0 Å². The first kappa shape index (κ1) is 16.1. The maximum atomic E-state index is 12.6. The van der Waals surface area contributed by atoms with Crippen LogP contribution >= 0.6 is 0 Å². The number of para-hydroxylation sites is 1. The lowest BCUT2D eigenvalue weighted by atomic mass is 10.0. The van der Waals surface area contributed by atoms with Crippen LogP contribution in [0.3, 0.4) is 0 Å². The molecule has 6 nitrogen and oxygen atoms in total. The van der Waals surface area contributed by atoms with Crippen molar-refractivity contribution in [3.05, 3.63) is 53.9 Å². The lowest BCUT2D eigenvalue weighted by molar-refractivity contribution is 0.0918. The molecule has 3 aromatic rings. The number of carbonyl (C=O) groups is 1. The van der Waals surface area contributed by atoms with Gasteiger partial charge < -0.3 is 5.32 Å². The molecular weight excluding hydrogens is 302 g/mol. The SMILES string of the molecule is Cc1ncccc1C(=O)N[C@@H](Cn1nnc2ccccc21)C(C)C. The highest BCUT2D eigenvalue weighted by molar-refractivity contribution is 5.95. The summed E-state index contributed by atoms with van der Waals surface area (Å²) in [4.78, 5) is 16.8. The van der Waals surface area contributed by atoms with E-state index in [2.05, 4.69) is 34.5 Å². The van der Waals surface area contributed by atoms with E-state index in [0.717, 1.165) is 16.7 Å². The summed E-state index contributed by atoms with van der Waals surface area (Å²) in [6, 6.07) is 11.3. The van der Waals surface area contributed by atoms with E-state index < -0.39 is 0 Å². The summed E-state index contributed by atoms with van der Waals surface area (Å²) in [6.07, 6.45) is 1.69. The van der Waals surface area contributed by atoms with Gasteiger partial charge in [0.25, 0.3) is 5.91 Å². The Hall–Kier alpha value is -2.76. The minimum atomic E-state index is -0.108. The third-order valence-corrected chi connectivity index (χ3v) is 4.16. The standard InChI is InChI=1S/C18H21N5O/c1-12(2)16(20-18(24)14-7-6-10-19-13(14)3)11-23-17-9-5-4-8-15(17)21-22-23/h4-10,12,16H,11H2,1-3H3,(H,20,24)/t16-/m0/s1. The van der Waals surface area contributed by atoms with Crippen molar-refractivity contribution in [2.75, 3.05) is 0 Å². The Balaban J connectivity index is 1.80. The van der Waals surface area contributed by atoms with E-state index in [1.807, 2.05) is 35.9 Å². The fourth-order valence-electron chi connectivity index (χ4n) is 2.63. The number of hydrogen-bond acceptors (Lipinski definition) is 4. The smallest absolute Gasteiger partial charge is 0.253 e. The summed E-state index contributed by atoms with van der Waals surface area (Å²) >= 11 is 0. The highest BCUT2D eigenvalue weighted by Crippen LogP contribution is 2.13. The Bertz CT molecular complexity index is 855. The summed E-state index contributed by atoms with van der Waals surface area (Å²) in [6.45, 7) is 6.58. The largest absolute Gasteiger partial charge is 0.347 e. The van der Waals surface area contributed by atoms with Gasteiger partial charge in [-0.05, 0) is 37.1 Å². The van der Waals surface area contributed by atoms with Gasteiger partial charge in [0, 0.05) is 11.9 Å². The molecule has 1 amide bonds. The van der Waals surface area contributed by atoms with E-state index in [0.29, 0.717) is 12.1 Å². The van der Waals surface area contributed by atoms with E-state index in [4.69, 9.17) is 0 Å². The fourth-order valence-corrected chi connectivity index (χ4v) is 2.63. The van der Waals surface area contributed by atoms with Crippen LogP contribution in [0.4, 0.5) is 0 Å². The maximum Gasteiger partial charge on any atom is 0.253 e. The molecule has 0 saturated heterocycles. The summed E-state index contributed by atoms with van der Waals surface area (Å²) in [7, 11) is 0. The number of aromatic nitrogens is 4. The Labute approximate surface area is 140 Å². The van der Waals surface area contributed by atoms with Gasteiger partial charge in [-0.3, -0.25) is 9.78 Å². The molecule has 3 rings (SSSR count). The van der Waals surface area contributed by atoms with E-state index in [-0.39, 0.29) is 17.9 Å². The molecule has 1 atom stereocenters. The van der Waals surface area contributed by atoms with Crippen molar-refractivity contribution in [1.82, 2.24) is 25.3 Å². The van der Waals surface area contributed by atoms with Gasteiger partial charge >= 0.3 is 0 Å². The van der Waals surface area contributed by atoms with Crippen molar-refractivity contribution < 1.29 is 4.79 Å². The van der Waals surface area contributed by atoms with Gasteiger partial charge in [0.05, 0.1) is 23.7 Å². The van der Waals surface area contributed by atoms with Crippen LogP contribution in [0.25, 0.3) is 11.0 Å². The quantitative estimate of drug-likeness (QED) is 0.783. The van der Waals surface area contributed by atoms with Gasteiger partial charge in [-0.15, -0.1) is 5.10 Å². The number of nitrogens with zero attached hydrogens (tertiary/aromatic N) is 4. The zero-order valence-corrected chi connectivity index (χ0v) is 14.1. The van der Waals surface area contributed by atoms with E-state index in [1.54, 1.807) is 18.3 Å². The van der Waals surface area contributed by atoms with Crippen molar-refractivity contribution >= 4 is 16.9 Å². The lowest BCUT2D eigenvalue weighted by Gasteiger charge is -2.22. The maximum absolute atomic E-state index is 12.6. The summed E-state index contributed by atoms with van der Waals surface area (Å²) in [5.74, 6) is 0.151. The average molecular weight is 323 g/mol. The molecule has 0 radical (unpaired) electrons. The van der Waals surface area contributed by atoms with Crippen LogP contribution in [-0.4, -0.2) is 31.9 Å². The predicted molar refractivity (Wildman–Crippen MR) is 92.6 cm³/mol. The van der Waals surface area contributed by atoms with Gasteiger partial charge in [0.1, 0.15) is 5.52 Å². The number of fused-ring (bicyclic) bond motifs is 1. The van der Waals surface area contributed by atoms with Crippen LogP contribution in [0.1, 0.15) is 29.9 Å². The molecule has 0 spiro atoms. The van der Waals surface area contributed by atoms with Crippen molar-refractivity contribution in [1.29, 1.82) is 0 Å². The third kappa shape index (κ3) is 3.27. The van der Waals surface area contributed by atoms with Crippen LogP contribution in [0, 0.1) is 12.8 Å². The zero-order valence-electron chi connectivity index (χ0n) is 14.1. The van der Waals surface area contributed by atoms with Crippen LogP contribution in [0.15, 0.2) is 42.6 Å². The minimum Gasteiger partial charge on any atom is -0.347 e. The summed E-state index contributed by atoms with van der Waals surface area (Å²) < 4.78 is 1.84. The topological polar surface area (TPSA) is 72.7 Å². The van der Waals surface area contributed by atoms with Crippen molar-refractivity contribution in [2.24, 2.45) is 5.92 Å². The summed E-state index contributed by atoms with van der Waals surface area (Å²) in [5, 5.41) is 11.5. The molecule has 124 valence electrons. The van der Waals surface area contributed by atoms with Gasteiger partial charge in [0.15, 0.2) is 0 Å². The number of rotatable bonds is 5. The van der Waals surface area contributed by atoms with Crippen molar-refractivity contribution in [3.8, 4) is 0 Å². The lowest BCUT2D eigenvalue weighted by Crippen LogP contribution is -2.42. The molecule has 0 aliphatic heterocycles. The monoisotopic (exact) mass is 323 g/mol. The van der Waals surface area contributed by atoms with Crippen LogP contribution < -0.4 is 5.32 Å². The van der Waals surface area contributed by atoms with Gasteiger partial charge in [-0.2, -0.15) is 0 Å². The number of amides is 1. The van der Waals surface area contributed by atoms with Crippen molar-refractivity contribution in [2.45, 2.75) is 33.4 Å². The second kappa shape index (κ2) is 6.78. The number of nitrogens with one attached hydrogen (secondary N) is 1. The number of hydrogen-bond donors (Lipinski definition) is 1. The van der Waals surface area contributed by atoms with E-state index >= 15 is 0 Å². The number of aryl methyl sites for hydroxylation is 1. The molecule has 1 aromatic carbocycles. The first-order chi connectivity index (χ1) is 11.6. The second-order valence-electron chi connectivity index (χ2n) is 6.22. The van der Waals surface area contributed by atoms with Crippen LogP contribution in [0.5, 0.6) is 0 Å². The zero-order chi connectivity index (χ0) is 17.1. The third-order valence-electron chi connectivity index (χ3n) is 4.16. The molecule has 6 heteroatoms. The summed E-state index contributed by atoms with van der Waals surface area (Å²) in [5.41, 5.74) is 3.15. The molecule has 0 saturated carbocycles. The second-order valence-corrected chi connectivity index (χ2v) is 6.22. The molecule has 2 aromatic heterocycles. The molecule has 0 bridgehead atoms. The number of benzene rings is 1. The first-order valence-corrected chi connectivity index (χ1v) is 8.07. The van der Waals surface area contributed by atoms with Gasteiger partial charge in [-0.25, -0.2) is 4.68 Å². The fraction of sp³-hybridized carbons (Fsp3) is 0.333. The number of carbonyl (C=O) groups excluding carboxylic acids is 1. The molecule has 0 aliphatic rings. The Kier molecular flexibility index (Phi) is 4.55. The van der Waals surface area contributed by atoms with Crippen LogP contribution in [-0.2, 0) is 6.54 Å². The van der Waals surface area contributed by atoms with E-state index in [1.165, 1.54) is 0 Å².